The maximum atomic E-state index is 6.21. The van der Waals surface area contributed by atoms with Gasteiger partial charge >= 0.3 is 5.89 Å². The average Bonchev–Trinajstić information content (AvgIpc) is 3.71. The zero-order valence-electron chi connectivity index (χ0n) is 23.5. The fraction of sp³-hybridized carbons (Fsp3) is 0.111. The normalized spacial score (nSPS) is 16.6. The number of ether oxygens (including phenoxy) is 1. The Bertz CT molecular complexity index is 1980. The summed E-state index contributed by atoms with van der Waals surface area (Å²) in [6.07, 6.45) is 14.7. The molecule has 206 valence electrons. The van der Waals surface area contributed by atoms with Gasteiger partial charge in [-0.1, -0.05) is 66.4 Å². The Balaban J connectivity index is 1.27. The summed E-state index contributed by atoms with van der Waals surface area (Å²) >= 11 is 1.72. The molecule has 0 amide bonds. The van der Waals surface area contributed by atoms with E-state index in [1.165, 1.54) is 0 Å². The lowest BCUT2D eigenvalue weighted by Crippen LogP contribution is -2.33. The Labute approximate surface area is 249 Å². The highest BCUT2D eigenvalue weighted by Crippen LogP contribution is 2.41. The summed E-state index contributed by atoms with van der Waals surface area (Å²) in [5.41, 5.74) is 6.30. The topological polar surface area (TPSA) is 42.4 Å². The second-order valence-electron chi connectivity index (χ2n) is 10.0. The molecule has 3 heterocycles. The monoisotopic (exact) mass is 568 g/mol. The van der Waals surface area contributed by atoms with E-state index in [9.17, 15) is 0 Å². The third kappa shape index (κ3) is 4.84. The van der Waals surface area contributed by atoms with Gasteiger partial charge in [0.1, 0.15) is 6.54 Å². The largest absolute Gasteiger partial charge is 0.439 e. The summed E-state index contributed by atoms with van der Waals surface area (Å²) in [6, 6.07) is 26.7. The lowest BCUT2D eigenvalue weighted by molar-refractivity contribution is -0.674. The van der Waals surface area contributed by atoms with Gasteiger partial charge in [-0.05, 0) is 73.6 Å². The maximum Gasteiger partial charge on any atom is 0.374 e. The molecule has 2 aliphatic rings. The first-order chi connectivity index (χ1) is 20.7. The molecule has 0 N–H and O–H groups in total. The second-order valence-corrected chi connectivity index (χ2v) is 11.1. The van der Waals surface area contributed by atoms with Gasteiger partial charge in [0.05, 0.1) is 17.3 Å². The van der Waals surface area contributed by atoms with Crippen LogP contribution in [-0.4, -0.2) is 11.5 Å². The maximum absolute atomic E-state index is 6.21. The molecule has 0 saturated heterocycles. The molecule has 3 aromatic carbocycles. The second kappa shape index (κ2) is 11.2. The Morgan fingerprint density at radius 3 is 2.64 bits per heavy atom. The van der Waals surface area contributed by atoms with Crippen molar-refractivity contribution in [2.24, 2.45) is 0 Å². The van der Waals surface area contributed by atoms with Crippen LogP contribution in [0.1, 0.15) is 19.7 Å². The van der Waals surface area contributed by atoms with Gasteiger partial charge in [0.2, 0.25) is 11.5 Å². The van der Waals surface area contributed by atoms with Crippen molar-refractivity contribution < 1.29 is 13.7 Å². The number of allylic oxidation sites excluding steroid dienone is 7. The van der Waals surface area contributed by atoms with Gasteiger partial charge in [0.15, 0.2) is 5.75 Å². The van der Waals surface area contributed by atoms with Gasteiger partial charge in [-0.2, -0.15) is 4.57 Å². The number of nitrogens with zero attached hydrogens (tertiary/aromatic N) is 3. The summed E-state index contributed by atoms with van der Waals surface area (Å²) < 4.78 is 14.6. The molecule has 0 atom stereocenters. The van der Waals surface area contributed by atoms with Crippen LogP contribution in [0.25, 0.3) is 28.1 Å². The number of fused-ring (bicyclic) bond motifs is 3. The van der Waals surface area contributed by atoms with Crippen LogP contribution in [0.4, 0.5) is 5.69 Å². The predicted molar refractivity (Wildman–Crippen MR) is 171 cm³/mol. The van der Waals surface area contributed by atoms with Crippen LogP contribution in [0.3, 0.4) is 0 Å². The van der Waals surface area contributed by atoms with E-state index in [1.807, 2.05) is 54.7 Å². The van der Waals surface area contributed by atoms with Crippen molar-refractivity contribution in [1.29, 1.82) is 0 Å². The molecule has 0 saturated carbocycles. The van der Waals surface area contributed by atoms with E-state index >= 15 is 0 Å². The first kappa shape index (κ1) is 26.1. The number of anilines is 1. The third-order valence-corrected chi connectivity index (χ3v) is 8.60. The lowest BCUT2D eigenvalue weighted by Gasteiger charge is -2.15. The van der Waals surface area contributed by atoms with Crippen LogP contribution in [0.5, 0.6) is 5.75 Å². The molecular weight excluding hydrogens is 538 g/mol. The number of oxazole rings is 1. The van der Waals surface area contributed by atoms with Crippen molar-refractivity contribution >= 4 is 45.5 Å². The molecule has 0 bridgehead atoms. The summed E-state index contributed by atoms with van der Waals surface area (Å²) in [5.74, 6) is 2.54. The molecule has 0 unspecified atom stereocenters. The van der Waals surface area contributed by atoms with Crippen LogP contribution in [0.2, 0.25) is 0 Å². The van der Waals surface area contributed by atoms with E-state index in [-0.39, 0.29) is 0 Å². The van der Waals surface area contributed by atoms with Crippen LogP contribution >= 0.6 is 11.8 Å². The Morgan fingerprint density at radius 2 is 1.74 bits per heavy atom. The van der Waals surface area contributed by atoms with Crippen molar-refractivity contribution in [1.82, 2.24) is 4.98 Å². The first-order valence-electron chi connectivity index (χ1n) is 14.2. The molecule has 5 aromatic rings. The number of benzene rings is 3. The van der Waals surface area contributed by atoms with Crippen molar-refractivity contribution in [3.8, 4) is 5.75 Å². The number of aromatic nitrogens is 2. The molecule has 1 aliphatic carbocycles. The fourth-order valence-electron chi connectivity index (χ4n) is 5.43. The van der Waals surface area contributed by atoms with Crippen LogP contribution in [-0.2, 0) is 6.54 Å². The number of pyridine rings is 1. The summed E-state index contributed by atoms with van der Waals surface area (Å²) in [7, 11) is 0. The van der Waals surface area contributed by atoms with E-state index in [1.54, 1.807) is 11.8 Å². The van der Waals surface area contributed by atoms with Gasteiger partial charge < -0.3 is 14.1 Å². The molecule has 6 heteroatoms. The summed E-state index contributed by atoms with van der Waals surface area (Å²) in [5, 5.41) is 1.13. The molecule has 0 radical (unpaired) electrons. The highest BCUT2D eigenvalue weighted by Gasteiger charge is 2.24. The minimum Gasteiger partial charge on any atom is -0.439 e. The zero-order chi connectivity index (χ0) is 28.5. The molecule has 0 spiro atoms. The molecule has 0 fully saturated rings. The van der Waals surface area contributed by atoms with Gasteiger partial charge in [0.25, 0.3) is 5.52 Å². The van der Waals surface area contributed by atoms with Gasteiger partial charge in [-0.3, -0.25) is 4.98 Å². The number of hydrogen-bond acceptors (Lipinski definition) is 5. The van der Waals surface area contributed by atoms with E-state index in [2.05, 4.69) is 90.1 Å². The molecule has 1 aliphatic heterocycles. The van der Waals surface area contributed by atoms with Gasteiger partial charge in [-0.25, -0.2) is 0 Å². The highest BCUT2D eigenvalue weighted by atomic mass is 32.2. The SMILES string of the molecule is CCN1C(=CC=C2C=CC(C=Cc3oc4ccccc4[n+]3CC)=C2Sc2cnc3ccccc3c2)Oc2ccccc21. The van der Waals surface area contributed by atoms with Crippen molar-refractivity contribution in [2.45, 2.75) is 25.3 Å². The molecule has 7 rings (SSSR count). The van der Waals surface area contributed by atoms with Gasteiger partial charge in [-0.15, -0.1) is 0 Å². The first-order valence-corrected chi connectivity index (χ1v) is 15.0. The van der Waals surface area contributed by atoms with Crippen molar-refractivity contribution in [3.63, 3.8) is 0 Å². The number of para-hydroxylation sites is 5. The summed E-state index contributed by atoms with van der Waals surface area (Å²) in [6.45, 7) is 5.93. The Kier molecular flexibility index (Phi) is 6.98. The van der Waals surface area contributed by atoms with E-state index in [0.717, 1.165) is 79.2 Å². The quantitative estimate of drug-likeness (QED) is 0.184. The third-order valence-electron chi connectivity index (χ3n) is 7.47. The minimum atomic E-state index is 0.824. The van der Waals surface area contributed by atoms with Crippen LogP contribution in [0, 0.1) is 0 Å². The number of thioether (sulfide) groups is 1. The minimum absolute atomic E-state index is 0.824. The van der Waals surface area contributed by atoms with Gasteiger partial charge in [0, 0.05) is 34.0 Å². The smallest absolute Gasteiger partial charge is 0.374 e. The lowest BCUT2D eigenvalue weighted by atomic mass is 10.2. The number of rotatable bonds is 7. The van der Waals surface area contributed by atoms with Crippen LogP contribution < -0.4 is 14.2 Å². The fourth-order valence-corrected chi connectivity index (χ4v) is 6.47. The van der Waals surface area contributed by atoms with E-state index in [4.69, 9.17) is 14.1 Å². The van der Waals surface area contributed by atoms with Crippen molar-refractivity contribution in [3.05, 3.63) is 143 Å². The van der Waals surface area contributed by atoms with E-state index in [0.29, 0.717) is 0 Å². The molecule has 5 nitrogen and oxygen atoms in total. The van der Waals surface area contributed by atoms with E-state index < -0.39 is 0 Å². The summed E-state index contributed by atoms with van der Waals surface area (Å²) in [4.78, 5) is 9.14. The Hall–Kier alpha value is -4.81. The number of aryl methyl sites for hydroxylation is 1. The van der Waals surface area contributed by atoms with Crippen LogP contribution in [0.15, 0.2) is 147 Å². The standard InChI is InChI=1S/C36H30N3O2S/c1-3-38-30-13-7-9-15-32(30)40-34(38)21-19-25-17-18-26(20-22-35-39(4-2)31-14-8-10-16-33(31)41-35)36(25)42-28-23-27-11-5-6-12-29(27)37-24-28/h5-24H,3-4H2,1-2H3/q+1. The molecule has 42 heavy (non-hydrogen) atoms. The Morgan fingerprint density at radius 1 is 0.905 bits per heavy atom. The molecular formula is C36H30N3O2S+. The van der Waals surface area contributed by atoms with Crippen molar-refractivity contribution in [2.75, 3.05) is 11.4 Å². The molecule has 2 aromatic heterocycles. The average molecular weight is 569 g/mol. The predicted octanol–water partition coefficient (Wildman–Crippen LogP) is 8.60. The zero-order valence-corrected chi connectivity index (χ0v) is 24.3. The highest BCUT2D eigenvalue weighted by molar-refractivity contribution is 8.03. The number of hydrogen-bond donors (Lipinski definition) is 0.